The molecule has 7 rings (SSSR count). The van der Waals surface area contributed by atoms with E-state index in [9.17, 15) is 5.11 Å². The van der Waals surface area contributed by atoms with Gasteiger partial charge in [0.1, 0.15) is 16.3 Å². The molecule has 1 atom stereocenters. The zero-order valence-corrected chi connectivity index (χ0v) is 21.6. The second kappa shape index (κ2) is 8.27. The van der Waals surface area contributed by atoms with Gasteiger partial charge in [-0.3, -0.25) is 4.98 Å². The van der Waals surface area contributed by atoms with Crippen LogP contribution in [-0.4, -0.2) is 33.1 Å². The maximum absolute atomic E-state index is 11.2. The van der Waals surface area contributed by atoms with Gasteiger partial charge in [-0.15, -0.1) is 0 Å². The van der Waals surface area contributed by atoms with Crippen molar-refractivity contribution in [2.24, 2.45) is 11.1 Å². The third-order valence-corrected chi connectivity index (χ3v) is 9.86. The summed E-state index contributed by atoms with van der Waals surface area (Å²) in [5.41, 5.74) is 11.6. The van der Waals surface area contributed by atoms with Crippen molar-refractivity contribution >= 4 is 17.6 Å². The molecule has 6 nitrogen and oxygen atoms in total. The summed E-state index contributed by atoms with van der Waals surface area (Å²) in [6.07, 6.45) is 8.99. The van der Waals surface area contributed by atoms with Gasteiger partial charge in [0.25, 0.3) is 0 Å². The number of piperidine rings is 1. The number of fused-ring (bicyclic) bond motifs is 1. The Hall–Kier alpha value is -2.48. The maximum atomic E-state index is 11.2. The average Bonchev–Trinajstić information content (AvgIpc) is 3.82. The van der Waals surface area contributed by atoms with Crippen LogP contribution in [0.2, 0.25) is 0 Å². The lowest BCUT2D eigenvalue weighted by atomic mass is 9.73. The SMILES string of the molecule is Cc1nc(N2CCC3(CC2)Cc2ccccc2[C@H]3N)c(C2(O)CC2)nc1Sc1ccnc(C2CC2)c1. The van der Waals surface area contributed by atoms with E-state index in [-0.39, 0.29) is 11.5 Å². The van der Waals surface area contributed by atoms with E-state index in [1.807, 2.05) is 19.2 Å². The minimum absolute atomic E-state index is 0.0930. The first-order valence-electron chi connectivity index (χ1n) is 13.3. The van der Waals surface area contributed by atoms with Crippen molar-refractivity contribution in [1.29, 1.82) is 0 Å². The van der Waals surface area contributed by atoms with Crippen molar-refractivity contribution in [3.05, 3.63) is 70.8 Å². The van der Waals surface area contributed by atoms with Crippen LogP contribution in [0.5, 0.6) is 0 Å². The summed E-state index contributed by atoms with van der Waals surface area (Å²) in [7, 11) is 0. The van der Waals surface area contributed by atoms with Crippen LogP contribution in [-0.2, 0) is 12.0 Å². The van der Waals surface area contributed by atoms with Crippen LogP contribution in [0.1, 0.15) is 78.7 Å². The number of pyridine rings is 1. The summed E-state index contributed by atoms with van der Waals surface area (Å²) in [4.78, 5) is 18.2. The second-order valence-corrected chi connectivity index (χ2v) is 12.4. The molecule has 3 fully saturated rings. The van der Waals surface area contributed by atoms with Gasteiger partial charge < -0.3 is 15.7 Å². The van der Waals surface area contributed by atoms with Crippen LogP contribution in [0.3, 0.4) is 0 Å². The molecule has 1 aliphatic heterocycles. The summed E-state index contributed by atoms with van der Waals surface area (Å²) in [5, 5.41) is 12.1. The Labute approximate surface area is 216 Å². The van der Waals surface area contributed by atoms with E-state index in [2.05, 4.69) is 40.2 Å². The smallest absolute Gasteiger partial charge is 0.153 e. The average molecular weight is 500 g/mol. The van der Waals surface area contributed by atoms with E-state index in [4.69, 9.17) is 15.7 Å². The summed E-state index contributed by atoms with van der Waals surface area (Å²) in [6, 6.07) is 13.0. The number of nitrogens with two attached hydrogens (primary N) is 1. The van der Waals surface area contributed by atoms with Gasteiger partial charge in [0.15, 0.2) is 5.82 Å². The van der Waals surface area contributed by atoms with Gasteiger partial charge in [0.2, 0.25) is 0 Å². The van der Waals surface area contributed by atoms with Gasteiger partial charge in [-0.2, -0.15) is 0 Å². The number of rotatable bonds is 5. The van der Waals surface area contributed by atoms with Crippen LogP contribution in [0.25, 0.3) is 0 Å². The number of hydrogen-bond acceptors (Lipinski definition) is 7. The van der Waals surface area contributed by atoms with Gasteiger partial charge >= 0.3 is 0 Å². The number of hydrogen-bond donors (Lipinski definition) is 2. The zero-order valence-electron chi connectivity index (χ0n) is 20.8. The number of nitrogens with zero attached hydrogens (tertiary/aromatic N) is 4. The number of aromatic nitrogens is 3. The zero-order chi connectivity index (χ0) is 24.5. The van der Waals surface area contributed by atoms with Gasteiger partial charge in [-0.05, 0) is 80.5 Å². The Morgan fingerprint density at radius 2 is 1.83 bits per heavy atom. The first-order valence-corrected chi connectivity index (χ1v) is 14.1. The highest BCUT2D eigenvalue weighted by atomic mass is 32.2. The Morgan fingerprint density at radius 1 is 1.06 bits per heavy atom. The van der Waals surface area contributed by atoms with Crippen molar-refractivity contribution in [3.63, 3.8) is 0 Å². The largest absolute Gasteiger partial charge is 0.383 e. The first kappa shape index (κ1) is 22.7. The van der Waals surface area contributed by atoms with Crippen molar-refractivity contribution in [2.75, 3.05) is 18.0 Å². The monoisotopic (exact) mass is 499 g/mol. The van der Waals surface area contributed by atoms with Crippen molar-refractivity contribution in [2.45, 2.75) is 79.4 Å². The highest BCUT2D eigenvalue weighted by Crippen LogP contribution is 2.53. The van der Waals surface area contributed by atoms with E-state index in [0.29, 0.717) is 5.92 Å². The van der Waals surface area contributed by atoms with Crippen LogP contribution in [0, 0.1) is 12.3 Å². The quantitative estimate of drug-likeness (QED) is 0.509. The molecular weight excluding hydrogens is 466 g/mol. The van der Waals surface area contributed by atoms with Gasteiger partial charge in [-0.1, -0.05) is 36.0 Å². The maximum Gasteiger partial charge on any atom is 0.153 e. The third-order valence-electron chi connectivity index (χ3n) is 8.79. The molecule has 4 aliphatic rings. The van der Waals surface area contributed by atoms with Crippen LogP contribution < -0.4 is 10.6 Å². The molecule has 1 spiro atoms. The molecule has 0 bridgehead atoms. The molecule has 0 radical (unpaired) electrons. The van der Waals surface area contributed by atoms with Crippen LogP contribution >= 0.6 is 11.8 Å². The molecule has 186 valence electrons. The number of aryl methyl sites for hydroxylation is 1. The summed E-state index contributed by atoms with van der Waals surface area (Å²) in [6.45, 7) is 3.82. The van der Waals surface area contributed by atoms with E-state index < -0.39 is 5.60 Å². The lowest BCUT2D eigenvalue weighted by molar-refractivity contribution is 0.144. The van der Waals surface area contributed by atoms with Crippen LogP contribution in [0.15, 0.2) is 52.5 Å². The van der Waals surface area contributed by atoms with E-state index >= 15 is 0 Å². The highest BCUT2D eigenvalue weighted by molar-refractivity contribution is 7.99. The van der Waals surface area contributed by atoms with Crippen LogP contribution in [0.4, 0.5) is 5.82 Å². The molecule has 0 unspecified atom stereocenters. The Kier molecular flexibility index (Phi) is 5.21. The molecule has 1 saturated heterocycles. The van der Waals surface area contributed by atoms with Gasteiger partial charge in [0, 0.05) is 41.8 Å². The normalized spacial score (nSPS) is 23.6. The minimum Gasteiger partial charge on any atom is -0.383 e. The Bertz CT molecular complexity index is 1330. The fourth-order valence-corrected chi connectivity index (χ4v) is 7.01. The van der Waals surface area contributed by atoms with E-state index in [1.54, 1.807) is 11.8 Å². The number of benzene rings is 1. The molecule has 3 aromatic rings. The number of anilines is 1. The highest BCUT2D eigenvalue weighted by Gasteiger charge is 2.49. The third kappa shape index (κ3) is 3.83. The predicted octanol–water partition coefficient (Wildman–Crippen LogP) is 5.03. The van der Waals surface area contributed by atoms with Crippen molar-refractivity contribution in [1.82, 2.24) is 15.0 Å². The van der Waals surface area contributed by atoms with Gasteiger partial charge in [-0.25, -0.2) is 9.97 Å². The summed E-state index contributed by atoms with van der Waals surface area (Å²) < 4.78 is 0. The summed E-state index contributed by atoms with van der Waals surface area (Å²) in [5.74, 6) is 1.48. The Morgan fingerprint density at radius 3 is 2.56 bits per heavy atom. The standard InChI is InChI=1S/C29H33N5OS/c1-18-27(36-21-8-13-31-23(16-21)19-6-7-19)33-25(29(35)9-10-29)26(32-18)34-14-11-28(12-15-34)17-20-4-2-3-5-22(20)24(28)30/h2-5,8,13,16,19,24,35H,6-7,9-12,14-15,17,30H2,1H3/t24-/m1/s1. The lowest BCUT2D eigenvalue weighted by Gasteiger charge is -2.43. The lowest BCUT2D eigenvalue weighted by Crippen LogP contribution is -2.45. The van der Waals surface area contributed by atoms with Crippen molar-refractivity contribution in [3.8, 4) is 0 Å². The summed E-state index contributed by atoms with van der Waals surface area (Å²) >= 11 is 1.64. The molecule has 7 heteroatoms. The number of aliphatic hydroxyl groups is 1. The van der Waals surface area contributed by atoms with Gasteiger partial charge in [0.05, 0.1) is 5.69 Å². The first-order chi connectivity index (χ1) is 17.4. The predicted molar refractivity (Wildman–Crippen MR) is 141 cm³/mol. The molecule has 3 aliphatic carbocycles. The molecule has 2 saturated carbocycles. The van der Waals surface area contributed by atoms with E-state index in [1.165, 1.54) is 29.7 Å². The molecule has 3 heterocycles. The van der Waals surface area contributed by atoms with Crippen molar-refractivity contribution < 1.29 is 5.11 Å². The molecule has 1 aromatic carbocycles. The topological polar surface area (TPSA) is 88.2 Å². The minimum atomic E-state index is -0.849. The van der Waals surface area contributed by atoms with E-state index in [0.717, 1.165) is 72.3 Å². The molecule has 2 aromatic heterocycles. The molecule has 0 amide bonds. The second-order valence-electron chi connectivity index (χ2n) is 11.3. The fraction of sp³-hybridized carbons (Fsp3) is 0.483. The Balaban J connectivity index is 1.15. The molecule has 36 heavy (non-hydrogen) atoms. The molecule has 3 N–H and O–H groups in total. The molecular formula is C29H33N5OS. The fourth-order valence-electron chi connectivity index (χ4n) is 6.15.